The van der Waals surface area contributed by atoms with Gasteiger partial charge in [-0.1, -0.05) is 23.9 Å². The summed E-state index contributed by atoms with van der Waals surface area (Å²) < 4.78 is 7.51. The van der Waals surface area contributed by atoms with Crippen LogP contribution in [0.2, 0.25) is 0 Å². The van der Waals surface area contributed by atoms with Gasteiger partial charge in [0.2, 0.25) is 0 Å². The van der Waals surface area contributed by atoms with Crippen molar-refractivity contribution in [2.75, 3.05) is 7.11 Å². The van der Waals surface area contributed by atoms with Gasteiger partial charge in [0.1, 0.15) is 11.6 Å². The zero-order chi connectivity index (χ0) is 13.9. The van der Waals surface area contributed by atoms with Gasteiger partial charge in [0.15, 0.2) is 5.16 Å². The smallest absolute Gasteiger partial charge is 0.191 e. The van der Waals surface area contributed by atoms with Gasteiger partial charge in [-0.3, -0.25) is 0 Å². The van der Waals surface area contributed by atoms with Crippen LogP contribution in [-0.2, 0) is 12.3 Å². The highest BCUT2D eigenvalue weighted by atomic mass is 32.2. The number of methoxy groups -OCH3 is 1. The lowest BCUT2D eigenvalue weighted by atomic mass is 10.2. The lowest BCUT2D eigenvalue weighted by Gasteiger charge is -2.07. The molecule has 0 atom stereocenters. The fourth-order valence-corrected chi connectivity index (χ4v) is 3.21. The van der Waals surface area contributed by atoms with Crippen LogP contribution in [-0.4, -0.2) is 21.9 Å². The molecule has 1 aliphatic rings. The highest BCUT2D eigenvalue weighted by Gasteiger charge is 2.29. The Bertz CT molecular complexity index is 593. The van der Waals surface area contributed by atoms with Crippen LogP contribution in [0.15, 0.2) is 29.4 Å². The SMILES string of the molecule is CCn1c(SCc2cccc(OC)c2)nnc1C1CC1. The molecule has 1 saturated carbocycles. The minimum atomic E-state index is 0.647. The van der Waals surface area contributed by atoms with E-state index in [-0.39, 0.29) is 0 Å². The summed E-state index contributed by atoms with van der Waals surface area (Å²) >= 11 is 1.74. The molecule has 3 rings (SSSR count). The van der Waals surface area contributed by atoms with Gasteiger partial charge in [0.05, 0.1) is 7.11 Å². The highest BCUT2D eigenvalue weighted by Crippen LogP contribution is 2.40. The molecule has 1 aliphatic carbocycles. The van der Waals surface area contributed by atoms with E-state index in [0.29, 0.717) is 5.92 Å². The summed E-state index contributed by atoms with van der Waals surface area (Å²) in [5.74, 6) is 3.60. The van der Waals surface area contributed by atoms with E-state index in [0.717, 1.165) is 23.2 Å². The summed E-state index contributed by atoms with van der Waals surface area (Å²) in [6, 6.07) is 8.17. The number of nitrogens with zero attached hydrogens (tertiary/aromatic N) is 3. The molecule has 1 aromatic heterocycles. The van der Waals surface area contributed by atoms with Crippen LogP contribution < -0.4 is 4.74 Å². The van der Waals surface area contributed by atoms with E-state index < -0.39 is 0 Å². The first kappa shape index (κ1) is 13.5. The van der Waals surface area contributed by atoms with Crippen LogP contribution >= 0.6 is 11.8 Å². The molecule has 0 radical (unpaired) electrons. The van der Waals surface area contributed by atoms with Gasteiger partial charge in [-0.05, 0) is 37.5 Å². The maximum absolute atomic E-state index is 5.25. The summed E-state index contributed by atoms with van der Waals surface area (Å²) in [4.78, 5) is 0. The van der Waals surface area contributed by atoms with Crippen molar-refractivity contribution in [3.8, 4) is 5.75 Å². The quantitative estimate of drug-likeness (QED) is 0.763. The zero-order valence-electron chi connectivity index (χ0n) is 11.9. The van der Waals surface area contributed by atoms with Crippen molar-refractivity contribution in [3.05, 3.63) is 35.7 Å². The van der Waals surface area contributed by atoms with E-state index in [1.165, 1.54) is 24.2 Å². The minimum absolute atomic E-state index is 0.647. The van der Waals surface area contributed by atoms with Crippen molar-refractivity contribution in [1.82, 2.24) is 14.8 Å². The van der Waals surface area contributed by atoms with E-state index in [1.807, 2.05) is 12.1 Å². The Hall–Kier alpha value is -1.49. The normalized spacial score (nSPS) is 14.5. The van der Waals surface area contributed by atoms with Crippen molar-refractivity contribution in [1.29, 1.82) is 0 Å². The average Bonchev–Trinajstić information content (AvgIpc) is 3.25. The molecular weight excluding hydrogens is 270 g/mol. The maximum atomic E-state index is 5.25. The lowest BCUT2D eigenvalue weighted by molar-refractivity contribution is 0.414. The van der Waals surface area contributed by atoms with E-state index in [1.54, 1.807) is 18.9 Å². The Morgan fingerprint density at radius 1 is 1.35 bits per heavy atom. The average molecular weight is 289 g/mol. The first-order valence-corrected chi connectivity index (χ1v) is 7.99. The number of ether oxygens (including phenoxy) is 1. The third-order valence-corrected chi connectivity index (χ3v) is 4.54. The molecule has 0 amide bonds. The topological polar surface area (TPSA) is 39.9 Å². The fraction of sp³-hybridized carbons (Fsp3) is 0.467. The number of aromatic nitrogens is 3. The molecular formula is C15H19N3OS. The molecule has 0 spiro atoms. The van der Waals surface area contributed by atoms with Crippen molar-refractivity contribution < 1.29 is 4.74 Å². The van der Waals surface area contributed by atoms with Gasteiger partial charge < -0.3 is 9.30 Å². The van der Waals surface area contributed by atoms with Crippen LogP contribution in [0, 0.1) is 0 Å². The first-order valence-electron chi connectivity index (χ1n) is 7.00. The Kier molecular flexibility index (Phi) is 3.96. The Labute approximate surface area is 123 Å². The third kappa shape index (κ3) is 2.82. The van der Waals surface area contributed by atoms with E-state index in [2.05, 4.69) is 33.8 Å². The second kappa shape index (κ2) is 5.87. The second-order valence-electron chi connectivity index (χ2n) is 5.00. The number of rotatable bonds is 6. The summed E-state index contributed by atoms with van der Waals surface area (Å²) in [5, 5.41) is 9.74. The zero-order valence-corrected chi connectivity index (χ0v) is 12.7. The summed E-state index contributed by atoms with van der Waals surface area (Å²) in [6.07, 6.45) is 2.53. The number of benzene rings is 1. The largest absolute Gasteiger partial charge is 0.497 e. The monoisotopic (exact) mass is 289 g/mol. The maximum Gasteiger partial charge on any atom is 0.191 e. The molecule has 106 valence electrons. The molecule has 20 heavy (non-hydrogen) atoms. The van der Waals surface area contributed by atoms with Gasteiger partial charge in [-0.25, -0.2) is 0 Å². The number of hydrogen-bond acceptors (Lipinski definition) is 4. The summed E-state index contributed by atoms with van der Waals surface area (Å²) in [6.45, 7) is 3.10. The summed E-state index contributed by atoms with van der Waals surface area (Å²) in [7, 11) is 1.70. The molecule has 1 heterocycles. The van der Waals surface area contributed by atoms with E-state index in [9.17, 15) is 0 Å². The van der Waals surface area contributed by atoms with Crippen LogP contribution in [0.3, 0.4) is 0 Å². The van der Waals surface area contributed by atoms with Crippen molar-refractivity contribution in [2.45, 2.75) is 43.1 Å². The molecule has 2 aromatic rings. The molecule has 0 unspecified atom stereocenters. The van der Waals surface area contributed by atoms with Gasteiger partial charge >= 0.3 is 0 Å². The predicted molar refractivity (Wildman–Crippen MR) is 80.2 cm³/mol. The molecule has 0 N–H and O–H groups in total. The predicted octanol–water partition coefficient (Wildman–Crippen LogP) is 3.48. The van der Waals surface area contributed by atoms with Crippen LogP contribution in [0.25, 0.3) is 0 Å². The molecule has 1 aromatic carbocycles. The van der Waals surface area contributed by atoms with Gasteiger partial charge in [0, 0.05) is 18.2 Å². The van der Waals surface area contributed by atoms with Crippen LogP contribution in [0.4, 0.5) is 0 Å². The van der Waals surface area contributed by atoms with Crippen molar-refractivity contribution >= 4 is 11.8 Å². The number of hydrogen-bond donors (Lipinski definition) is 0. The van der Waals surface area contributed by atoms with Crippen LogP contribution in [0.5, 0.6) is 5.75 Å². The second-order valence-corrected chi connectivity index (χ2v) is 5.94. The lowest BCUT2D eigenvalue weighted by Crippen LogP contribution is -2.01. The standard InChI is InChI=1S/C15H19N3OS/c1-3-18-14(12-7-8-12)16-17-15(18)20-10-11-5-4-6-13(9-11)19-2/h4-6,9,12H,3,7-8,10H2,1-2H3. The Morgan fingerprint density at radius 2 is 2.20 bits per heavy atom. The molecule has 1 fully saturated rings. The number of thioether (sulfide) groups is 1. The Balaban J connectivity index is 1.71. The first-order chi connectivity index (χ1) is 9.81. The minimum Gasteiger partial charge on any atom is -0.497 e. The molecule has 0 saturated heterocycles. The van der Waals surface area contributed by atoms with Crippen molar-refractivity contribution in [2.24, 2.45) is 0 Å². The molecule has 4 nitrogen and oxygen atoms in total. The summed E-state index contributed by atoms with van der Waals surface area (Å²) in [5.41, 5.74) is 1.24. The van der Waals surface area contributed by atoms with Crippen LogP contribution in [0.1, 0.15) is 37.1 Å². The Morgan fingerprint density at radius 3 is 2.90 bits per heavy atom. The molecule has 5 heteroatoms. The van der Waals surface area contributed by atoms with Gasteiger partial charge in [0.25, 0.3) is 0 Å². The van der Waals surface area contributed by atoms with Crippen molar-refractivity contribution in [3.63, 3.8) is 0 Å². The van der Waals surface area contributed by atoms with Gasteiger partial charge in [-0.2, -0.15) is 0 Å². The van der Waals surface area contributed by atoms with Gasteiger partial charge in [-0.15, -0.1) is 10.2 Å². The van der Waals surface area contributed by atoms with E-state index in [4.69, 9.17) is 4.74 Å². The molecule has 0 bridgehead atoms. The molecule has 0 aliphatic heterocycles. The highest BCUT2D eigenvalue weighted by molar-refractivity contribution is 7.98. The van der Waals surface area contributed by atoms with E-state index >= 15 is 0 Å². The third-order valence-electron chi connectivity index (χ3n) is 3.51. The fourth-order valence-electron chi connectivity index (χ4n) is 2.26.